The van der Waals surface area contributed by atoms with Crippen LogP contribution in [-0.4, -0.2) is 36.3 Å². The van der Waals surface area contributed by atoms with E-state index in [4.69, 9.17) is 14.6 Å². The van der Waals surface area contributed by atoms with Gasteiger partial charge in [-0.3, -0.25) is 0 Å². The van der Waals surface area contributed by atoms with Gasteiger partial charge in [-0.05, 0) is 26.0 Å². The summed E-state index contributed by atoms with van der Waals surface area (Å²) in [5.74, 6) is -1.60. The Morgan fingerprint density at radius 2 is 2.00 bits per heavy atom. The van der Waals surface area contributed by atoms with E-state index in [1.165, 1.54) is 17.8 Å². The van der Waals surface area contributed by atoms with Crippen LogP contribution in [0, 0.1) is 5.82 Å². The minimum atomic E-state index is -1.27. The number of carboxylic acids is 1. The van der Waals surface area contributed by atoms with Crippen molar-refractivity contribution in [3.63, 3.8) is 0 Å². The Morgan fingerprint density at radius 1 is 1.37 bits per heavy atom. The summed E-state index contributed by atoms with van der Waals surface area (Å²) in [5, 5.41) is 9.00. The number of carbonyl (C=O) groups is 1. The summed E-state index contributed by atoms with van der Waals surface area (Å²) in [4.78, 5) is 11.4. The standard InChI is InChI=1S/C13H17FO4S/c1-3-17-11(18-4-2)8-19-10-7-5-6-9(14)12(10)13(15)16/h5-7,11H,3-4,8H2,1-2H3,(H,15,16). The fraction of sp³-hybridized carbons (Fsp3) is 0.462. The van der Waals surface area contributed by atoms with Crippen molar-refractivity contribution < 1.29 is 23.8 Å². The van der Waals surface area contributed by atoms with Gasteiger partial charge >= 0.3 is 5.97 Å². The zero-order valence-electron chi connectivity index (χ0n) is 10.9. The molecule has 0 bridgehead atoms. The lowest BCUT2D eigenvalue weighted by Gasteiger charge is -2.16. The summed E-state index contributed by atoms with van der Waals surface area (Å²) < 4.78 is 24.2. The van der Waals surface area contributed by atoms with Crippen molar-refractivity contribution in [3.05, 3.63) is 29.6 Å². The molecule has 19 heavy (non-hydrogen) atoms. The van der Waals surface area contributed by atoms with E-state index in [1.807, 2.05) is 13.8 Å². The summed E-state index contributed by atoms with van der Waals surface area (Å²) in [7, 11) is 0. The Morgan fingerprint density at radius 3 is 2.53 bits per heavy atom. The van der Waals surface area contributed by atoms with Crippen LogP contribution in [0.2, 0.25) is 0 Å². The van der Waals surface area contributed by atoms with Crippen LogP contribution in [0.1, 0.15) is 24.2 Å². The van der Waals surface area contributed by atoms with Gasteiger partial charge in [0.05, 0.1) is 0 Å². The normalized spacial score (nSPS) is 10.9. The third kappa shape index (κ3) is 4.81. The van der Waals surface area contributed by atoms with Crippen molar-refractivity contribution in [3.8, 4) is 0 Å². The fourth-order valence-electron chi connectivity index (χ4n) is 1.51. The Bertz CT molecular complexity index is 419. The van der Waals surface area contributed by atoms with Gasteiger partial charge in [-0.2, -0.15) is 0 Å². The van der Waals surface area contributed by atoms with E-state index >= 15 is 0 Å². The summed E-state index contributed by atoms with van der Waals surface area (Å²) in [6.07, 6.45) is -0.426. The first-order valence-corrected chi connectivity index (χ1v) is 6.96. The van der Waals surface area contributed by atoms with Gasteiger partial charge in [0.15, 0.2) is 6.29 Å². The van der Waals surface area contributed by atoms with Crippen molar-refractivity contribution in [1.82, 2.24) is 0 Å². The number of thioether (sulfide) groups is 1. The predicted molar refractivity (Wildman–Crippen MR) is 71.1 cm³/mol. The maximum atomic E-state index is 13.5. The van der Waals surface area contributed by atoms with E-state index in [-0.39, 0.29) is 5.56 Å². The molecule has 0 atom stereocenters. The molecule has 1 aromatic carbocycles. The number of benzene rings is 1. The Kier molecular flexibility index (Phi) is 6.83. The quantitative estimate of drug-likeness (QED) is 0.588. The van der Waals surface area contributed by atoms with Gasteiger partial charge in [0.1, 0.15) is 11.4 Å². The van der Waals surface area contributed by atoms with Crippen molar-refractivity contribution in [2.24, 2.45) is 0 Å². The van der Waals surface area contributed by atoms with Crippen LogP contribution < -0.4 is 0 Å². The number of hydrogen-bond donors (Lipinski definition) is 1. The molecule has 0 radical (unpaired) electrons. The van der Waals surface area contributed by atoms with E-state index in [0.29, 0.717) is 23.9 Å². The Balaban J connectivity index is 2.76. The second kappa shape index (κ2) is 8.14. The van der Waals surface area contributed by atoms with Crippen LogP contribution in [0.5, 0.6) is 0 Å². The average Bonchev–Trinajstić information content (AvgIpc) is 2.36. The summed E-state index contributed by atoms with van der Waals surface area (Å²) >= 11 is 1.21. The van der Waals surface area contributed by atoms with Gasteiger partial charge in [-0.1, -0.05) is 6.07 Å². The highest BCUT2D eigenvalue weighted by atomic mass is 32.2. The van der Waals surface area contributed by atoms with Crippen LogP contribution in [-0.2, 0) is 9.47 Å². The molecule has 1 aromatic rings. The molecule has 0 unspecified atom stereocenters. The van der Waals surface area contributed by atoms with Gasteiger partial charge in [-0.15, -0.1) is 11.8 Å². The zero-order valence-corrected chi connectivity index (χ0v) is 11.7. The highest BCUT2D eigenvalue weighted by molar-refractivity contribution is 7.99. The maximum Gasteiger partial charge on any atom is 0.339 e. The monoisotopic (exact) mass is 288 g/mol. The first-order chi connectivity index (χ1) is 9.10. The largest absolute Gasteiger partial charge is 0.478 e. The molecule has 0 aliphatic carbocycles. The minimum absolute atomic E-state index is 0.306. The van der Waals surface area contributed by atoms with Crippen molar-refractivity contribution in [2.75, 3.05) is 19.0 Å². The van der Waals surface area contributed by atoms with Crippen molar-refractivity contribution in [1.29, 1.82) is 0 Å². The zero-order chi connectivity index (χ0) is 14.3. The molecule has 0 aromatic heterocycles. The number of rotatable bonds is 8. The third-order valence-corrected chi connectivity index (χ3v) is 3.36. The molecule has 1 rings (SSSR count). The molecule has 0 aliphatic heterocycles. The number of carboxylic acid groups (broad SMARTS) is 1. The second-order valence-electron chi connectivity index (χ2n) is 3.57. The topological polar surface area (TPSA) is 55.8 Å². The minimum Gasteiger partial charge on any atom is -0.478 e. The molecule has 0 fully saturated rings. The van der Waals surface area contributed by atoms with E-state index in [9.17, 15) is 9.18 Å². The van der Waals surface area contributed by atoms with Crippen LogP contribution in [0.15, 0.2) is 23.1 Å². The molecule has 0 amide bonds. The number of ether oxygens (including phenoxy) is 2. The fourth-order valence-corrected chi connectivity index (χ4v) is 2.52. The number of hydrogen-bond acceptors (Lipinski definition) is 4. The van der Waals surface area contributed by atoms with Crippen molar-refractivity contribution >= 4 is 17.7 Å². The van der Waals surface area contributed by atoms with E-state index in [1.54, 1.807) is 6.07 Å². The number of halogens is 1. The highest BCUT2D eigenvalue weighted by Gasteiger charge is 2.17. The molecule has 0 aliphatic rings. The van der Waals surface area contributed by atoms with Gasteiger partial charge in [-0.25, -0.2) is 9.18 Å². The third-order valence-electron chi connectivity index (χ3n) is 2.27. The van der Waals surface area contributed by atoms with Gasteiger partial charge < -0.3 is 14.6 Å². The first kappa shape index (κ1) is 15.9. The Labute approximate surface area is 115 Å². The first-order valence-electron chi connectivity index (χ1n) is 5.97. The number of aromatic carboxylic acids is 1. The SMILES string of the molecule is CCOC(CSc1cccc(F)c1C(=O)O)OCC. The molecule has 4 nitrogen and oxygen atoms in total. The Hall–Kier alpha value is -1.11. The molecule has 106 valence electrons. The lowest BCUT2D eigenvalue weighted by molar-refractivity contribution is -0.120. The summed E-state index contributed by atoms with van der Waals surface area (Å²) in [6, 6.07) is 4.20. The lowest BCUT2D eigenvalue weighted by atomic mass is 10.2. The van der Waals surface area contributed by atoms with Crippen molar-refractivity contribution in [2.45, 2.75) is 25.0 Å². The molecule has 1 N–H and O–H groups in total. The molecular weight excluding hydrogens is 271 g/mol. The summed E-state index contributed by atoms with van der Waals surface area (Å²) in [6.45, 7) is 4.70. The highest BCUT2D eigenvalue weighted by Crippen LogP contribution is 2.26. The summed E-state index contributed by atoms with van der Waals surface area (Å²) in [5.41, 5.74) is -0.306. The molecule has 0 saturated carbocycles. The van der Waals surface area contributed by atoms with Crippen LogP contribution in [0.4, 0.5) is 4.39 Å². The van der Waals surface area contributed by atoms with Gasteiger partial charge in [0, 0.05) is 23.9 Å². The van der Waals surface area contributed by atoms with Crippen LogP contribution in [0.25, 0.3) is 0 Å². The van der Waals surface area contributed by atoms with Gasteiger partial charge in [0.2, 0.25) is 0 Å². The lowest BCUT2D eigenvalue weighted by Crippen LogP contribution is -2.20. The second-order valence-corrected chi connectivity index (χ2v) is 4.63. The maximum absolute atomic E-state index is 13.5. The van der Waals surface area contributed by atoms with Gasteiger partial charge in [0.25, 0.3) is 0 Å². The molecule has 0 saturated heterocycles. The molecule has 0 heterocycles. The van der Waals surface area contributed by atoms with E-state index < -0.39 is 18.1 Å². The average molecular weight is 288 g/mol. The molecule has 0 spiro atoms. The molecule has 6 heteroatoms. The van der Waals surface area contributed by atoms with E-state index in [2.05, 4.69) is 0 Å². The van der Waals surface area contributed by atoms with Crippen LogP contribution >= 0.6 is 11.8 Å². The molecular formula is C13H17FO4S. The van der Waals surface area contributed by atoms with Crippen LogP contribution in [0.3, 0.4) is 0 Å². The smallest absolute Gasteiger partial charge is 0.339 e. The van der Waals surface area contributed by atoms with E-state index in [0.717, 1.165) is 6.07 Å². The predicted octanol–water partition coefficient (Wildman–Crippen LogP) is 3.02.